The predicted molar refractivity (Wildman–Crippen MR) is 43.5 cm³/mol. The minimum Gasteiger partial charge on any atom is -0.156 e. The number of rotatable bonds is 1. The van der Waals surface area contributed by atoms with E-state index >= 15 is 0 Å². The van der Waals surface area contributed by atoms with Crippen LogP contribution in [0.5, 0.6) is 0 Å². The Bertz CT molecular complexity index is 277. The van der Waals surface area contributed by atoms with Gasteiger partial charge in [0.1, 0.15) is 0 Å². The molecule has 0 amide bonds. The Labute approximate surface area is 66.7 Å². The summed E-state index contributed by atoms with van der Waals surface area (Å²) in [4.78, 5) is 0. The number of aryl methyl sites for hydroxylation is 2. The highest BCUT2D eigenvalue weighted by Gasteiger charge is 2.25. The zero-order chi connectivity index (χ0) is 7.84. The van der Waals surface area contributed by atoms with Crippen LogP contribution in [0.3, 0.4) is 0 Å². The minimum absolute atomic E-state index is 0.796. The zero-order valence-electron chi connectivity index (χ0n) is 6.96. The number of hydrogen-bond acceptors (Lipinski definition) is 2. The van der Waals surface area contributed by atoms with Gasteiger partial charge in [0, 0.05) is 0 Å². The number of hydrogen-bond donors (Lipinski definition) is 0. The minimum atomic E-state index is 0.796. The second kappa shape index (κ2) is 2.29. The van der Waals surface area contributed by atoms with Crippen molar-refractivity contribution in [2.75, 3.05) is 0 Å². The average molecular weight is 148 g/mol. The Morgan fingerprint density at radius 2 is 2.00 bits per heavy atom. The van der Waals surface area contributed by atoms with Gasteiger partial charge in [0.2, 0.25) is 0 Å². The molecule has 0 aromatic carbocycles. The molecule has 11 heavy (non-hydrogen) atoms. The van der Waals surface area contributed by atoms with Gasteiger partial charge < -0.3 is 0 Å². The van der Waals surface area contributed by atoms with Crippen molar-refractivity contribution in [3.05, 3.63) is 23.0 Å². The molecule has 1 aliphatic rings. The first-order chi connectivity index (χ1) is 5.27. The van der Waals surface area contributed by atoms with Crippen LogP contribution < -0.4 is 0 Å². The van der Waals surface area contributed by atoms with Gasteiger partial charge >= 0.3 is 0 Å². The molecule has 2 nitrogen and oxygen atoms in total. The zero-order valence-corrected chi connectivity index (χ0v) is 6.96. The molecule has 0 atom stereocenters. The summed E-state index contributed by atoms with van der Waals surface area (Å²) in [6.45, 7) is 4.04. The largest absolute Gasteiger partial charge is 0.156 e. The van der Waals surface area contributed by atoms with Crippen molar-refractivity contribution in [2.24, 2.45) is 0 Å². The highest BCUT2D eigenvalue weighted by molar-refractivity contribution is 5.27. The van der Waals surface area contributed by atoms with E-state index in [9.17, 15) is 0 Å². The van der Waals surface area contributed by atoms with Crippen LogP contribution in [-0.2, 0) is 0 Å². The lowest BCUT2D eigenvalue weighted by Gasteiger charge is -2.01. The van der Waals surface area contributed by atoms with Gasteiger partial charge in [-0.1, -0.05) is 0 Å². The lowest BCUT2D eigenvalue weighted by atomic mass is 10.1. The molecule has 0 radical (unpaired) electrons. The van der Waals surface area contributed by atoms with Gasteiger partial charge in [-0.3, -0.25) is 0 Å². The van der Waals surface area contributed by atoms with E-state index in [4.69, 9.17) is 0 Å². The first-order valence-electron chi connectivity index (χ1n) is 4.08. The van der Waals surface area contributed by atoms with E-state index in [-0.39, 0.29) is 0 Å². The van der Waals surface area contributed by atoms with Crippen LogP contribution in [0.15, 0.2) is 6.07 Å². The van der Waals surface area contributed by atoms with Crippen molar-refractivity contribution in [1.82, 2.24) is 10.2 Å². The van der Waals surface area contributed by atoms with E-state index in [1.54, 1.807) is 0 Å². The topological polar surface area (TPSA) is 25.8 Å². The van der Waals surface area contributed by atoms with Crippen molar-refractivity contribution in [2.45, 2.75) is 32.6 Å². The first kappa shape index (κ1) is 6.77. The van der Waals surface area contributed by atoms with Crippen LogP contribution in [0, 0.1) is 13.8 Å². The fraction of sp³-hybridized carbons (Fsp3) is 0.556. The van der Waals surface area contributed by atoms with E-state index in [1.807, 2.05) is 13.8 Å². The van der Waals surface area contributed by atoms with Crippen molar-refractivity contribution >= 4 is 0 Å². The smallest absolute Gasteiger partial charge is 0.0635 e. The molecule has 0 aliphatic heterocycles. The normalized spacial score (nSPS) is 16.9. The van der Waals surface area contributed by atoms with Crippen LogP contribution in [0.1, 0.15) is 35.7 Å². The fourth-order valence-corrected chi connectivity index (χ4v) is 1.38. The van der Waals surface area contributed by atoms with Gasteiger partial charge in [0.25, 0.3) is 0 Å². The summed E-state index contributed by atoms with van der Waals surface area (Å²) in [5.74, 6) is 0.796. The van der Waals surface area contributed by atoms with Gasteiger partial charge in [0.15, 0.2) is 0 Å². The molecule has 2 heteroatoms. The quantitative estimate of drug-likeness (QED) is 0.608. The third-order valence-electron chi connectivity index (χ3n) is 2.16. The van der Waals surface area contributed by atoms with Crippen LogP contribution in [-0.4, -0.2) is 10.2 Å². The maximum absolute atomic E-state index is 4.09. The Balaban J connectivity index is 2.42. The molecule has 0 N–H and O–H groups in total. The van der Waals surface area contributed by atoms with Crippen LogP contribution in [0.2, 0.25) is 0 Å². The monoisotopic (exact) mass is 148 g/mol. The van der Waals surface area contributed by atoms with E-state index < -0.39 is 0 Å². The van der Waals surface area contributed by atoms with Gasteiger partial charge in [-0.05, 0) is 44.2 Å². The van der Waals surface area contributed by atoms with E-state index in [0.29, 0.717) is 0 Å². The van der Waals surface area contributed by atoms with Crippen molar-refractivity contribution < 1.29 is 0 Å². The van der Waals surface area contributed by atoms with Crippen molar-refractivity contribution in [3.8, 4) is 0 Å². The van der Waals surface area contributed by atoms with Crippen LogP contribution in [0.4, 0.5) is 0 Å². The average Bonchev–Trinajstić information content (AvgIpc) is 2.76. The molecule has 2 rings (SSSR count). The summed E-state index contributed by atoms with van der Waals surface area (Å²) in [5.41, 5.74) is 3.56. The number of aromatic nitrogens is 2. The molecule has 0 spiro atoms. The summed E-state index contributed by atoms with van der Waals surface area (Å²) in [6.07, 6.45) is 2.68. The summed E-state index contributed by atoms with van der Waals surface area (Å²) < 4.78 is 0. The molecule has 1 saturated carbocycles. The van der Waals surface area contributed by atoms with E-state index in [1.165, 1.54) is 18.4 Å². The molecule has 0 unspecified atom stereocenters. The predicted octanol–water partition coefficient (Wildman–Crippen LogP) is 1.97. The second-order valence-electron chi connectivity index (χ2n) is 3.30. The standard InChI is InChI=1S/C9H12N2/c1-6-5-9(8-3-4-8)7(2)11-10-6/h5,8H,3-4H2,1-2H3. The Morgan fingerprint density at radius 1 is 1.27 bits per heavy atom. The lowest BCUT2D eigenvalue weighted by molar-refractivity contribution is 0.897. The SMILES string of the molecule is Cc1cc(C2CC2)c(C)nn1. The van der Waals surface area contributed by atoms with Gasteiger partial charge in [-0.2, -0.15) is 10.2 Å². The second-order valence-corrected chi connectivity index (χ2v) is 3.30. The fourth-order valence-electron chi connectivity index (χ4n) is 1.38. The molecule has 1 aromatic heterocycles. The van der Waals surface area contributed by atoms with Gasteiger partial charge in [0.05, 0.1) is 11.4 Å². The Kier molecular flexibility index (Phi) is 1.41. The van der Waals surface area contributed by atoms with Gasteiger partial charge in [-0.15, -0.1) is 0 Å². The molecule has 58 valence electrons. The maximum atomic E-state index is 4.09. The molecule has 1 aliphatic carbocycles. The summed E-state index contributed by atoms with van der Waals surface area (Å²) in [7, 11) is 0. The first-order valence-corrected chi connectivity index (χ1v) is 4.08. The molecule has 1 fully saturated rings. The lowest BCUT2D eigenvalue weighted by Crippen LogP contribution is -1.95. The van der Waals surface area contributed by atoms with Crippen molar-refractivity contribution in [1.29, 1.82) is 0 Å². The molecule has 0 bridgehead atoms. The highest BCUT2D eigenvalue weighted by atomic mass is 15.1. The molecule has 0 saturated heterocycles. The van der Waals surface area contributed by atoms with E-state index in [0.717, 1.165) is 17.3 Å². The summed E-state index contributed by atoms with van der Waals surface area (Å²) >= 11 is 0. The Morgan fingerprint density at radius 3 is 2.64 bits per heavy atom. The molecule has 1 aromatic rings. The maximum Gasteiger partial charge on any atom is 0.0635 e. The number of nitrogens with zero attached hydrogens (tertiary/aromatic N) is 2. The Hall–Kier alpha value is -0.920. The van der Waals surface area contributed by atoms with Gasteiger partial charge in [-0.25, -0.2) is 0 Å². The third-order valence-corrected chi connectivity index (χ3v) is 2.16. The van der Waals surface area contributed by atoms with Crippen molar-refractivity contribution in [3.63, 3.8) is 0 Å². The molecular formula is C9H12N2. The van der Waals surface area contributed by atoms with E-state index in [2.05, 4.69) is 16.3 Å². The summed E-state index contributed by atoms with van der Waals surface area (Å²) in [6, 6.07) is 2.17. The molecular weight excluding hydrogens is 136 g/mol. The molecule has 1 heterocycles. The highest BCUT2D eigenvalue weighted by Crippen LogP contribution is 2.40. The van der Waals surface area contributed by atoms with Crippen LogP contribution in [0.25, 0.3) is 0 Å². The van der Waals surface area contributed by atoms with Crippen LogP contribution >= 0.6 is 0 Å². The third kappa shape index (κ3) is 1.25. The summed E-state index contributed by atoms with van der Waals surface area (Å²) in [5, 5.41) is 8.09.